The molecular formula is C14H23NO2. The quantitative estimate of drug-likeness (QED) is 0.826. The van der Waals surface area contributed by atoms with Crippen molar-refractivity contribution >= 4 is 0 Å². The van der Waals surface area contributed by atoms with Crippen LogP contribution in [0.15, 0.2) is 18.2 Å². The highest BCUT2D eigenvalue weighted by molar-refractivity contribution is 5.39. The highest BCUT2D eigenvalue weighted by Gasteiger charge is 2.10. The molecule has 0 saturated heterocycles. The third-order valence-electron chi connectivity index (χ3n) is 2.86. The number of nitrogens with two attached hydrogens (primary N) is 1. The zero-order chi connectivity index (χ0) is 12.8. The molecule has 0 spiro atoms. The van der Waals surface area contributed by atoms with Crippen LogP contribution in [-0.4, -0.2) is 14.2 Å². The van der Waals surface area contributed by atoms with Gasteiger partial charge in [-0.3, -0.25) is 0 Å². The molecule has 1 aromatic rings. The lowest BCUT2D eigenvalue weighted by Crippen LogP contribution is -2.11. The SMILES string of the molecule is COc1cc(OC)cc([C@@H](N)CCC(C)C)c1. The van der Waals surface area contributed by atoms with E-state index in [1.807, 2.05) is 18.2 Å². The van der Waals surface area contributed by atoms with Crippen molar-refractivity contribution in [3.8, 4) is 11.5 Å². The van der Waals surface area contributed by atoms with Crippen molar-refractivity contribution in [2.24, 2.45) is 11.7 Å². The summed E-state index contributed by atoms with van der Waals surface area (Å²) >= 11 is 0. The second-order valence-corrected chi connectivity index (χ2v) is 4.72. The smallest absolute Gasteiger partial charge is 0.122 e. The molecule has 17 heavy (non-hydrogen) atoms. The van der Waals surface area contributed by atoms with Gasteiger partial charge in [0.05, 0.1) is 14.2 Å². The third kappa shape index (κ3) is 4.27. The van der Waals surface area contributed by atoms with Crippen molar-refractivity contribution in [2.45, 2.75) is 32.7 Å². The van der Waals surface area contributed by atoms with Crippen LogP contribution in [0.3, 0.4) is 0 Å². The Morgan fingerprint density at radius 3 is 1.94 bits per heavy atom. The molecule has 0 unspecified atom stereocenters. The van der Waals surface area contributed by atoms with Crippen LogP contribution in [0.25, 0.3) is 0 Å². The Bertz CT molecular complexity index is 328. The Morgan fingerprint density at radius 1 is 1.00 bits per heavy atom. The molecule has 2 N–H and O–H groups in total. The van der Waals surface area contributed by atoms with Gasteiger partial charge >= 0.3 is 0 Å². The summed E-state index contributed by atoms with van der Waals surface area (Å²) in [6.07, 6.45) is 2.11. The lowest BCUT2D eigenvalue weighted by molar-refractivity contribution is 0.392. The van der Waals surface area contributed by atoms with Crippen LogP contribution in [0.1, 0.15) is 38.3 Å². The van der Waals surface area contributed by atoms with Gasteiger partial charge in [0.1, 0.15) is 11.5 Å². The Labute approximate surface area is 104 Å². The number of hydrogen-bond donors (Lipinski definition) is 1. The minimum Gasteiger partial charge on any atom is -0.497 e. The maximum Gasteiger partial charge on any atom is 0.122 e. The summed E-state index contributed by atoms with van der Waals surface area (Å²) in [4.78, 5) is 0. The van der Waals surface area contributed by atoms with Gasteiger partial charge in [0, 0.05) is 12.1 Å². The lowest BCUT2D eigenvalue weighted by Gasteiger charge is -2.15. The summed E-state index contributed by atoms with van der Waals surface area (Å²) in [7, 11) is 3.30. The van der Waals surface area contributed by atoms with Crippen LogP contribution in [-0.2, 0) is 0 Å². The molecular weight excluding hydrogens is 214 g/mol. The molecule has 0 amide bonds. The molecule has 0 heterocycles. The summed E-state index contributed by atoms with van der Waals surface area (Å²) < 4.78 is 10.5. The summed E-state index contributed by atoms with van der Waals surface area (Å²) in [5, 5.41) is 0. The third-order valence-corrected chi connectivity index (χ3v) is 2.86. The Hall–Kier alpha value is -1.22. The first-order valence-corrected chi connectivity index (χ1v) is 6.05. The van der Waals surface area contributed by atoms with E-state index in [1.54, 1.807) is 14.2 Å². The maximum atomic E-state index is 6.18. The predicted octanol–water partition coefficient (Wildman–Crippen LogP) is 3.14. The largest absolute Gasteiger partial charge is 0.497 e. The zero-order valence-corrected chi connectivity index (χ0v) is 11.2. The summed E-state index contributed by atoms with van der Waals surface area (Å²) in [5.41, 5.74) is 7.25. The first-order chi connectivity index (χ1) is 8.06. The number of benzene rings is 1. The van der Waals surface area contributed by atoms with Gasteiger partial charge in [0.2, 0.25) is 0 Å². The maximum absolute atomic E-state index is 6.18. The molecule has 1 aromatic carbocycles. The van der Waals surface area contributed by atoms with E-state index in [0.29, 0.717) is 5.92 Å². The van der Waals surface area contributed by atoms with Gasteiger partial charge in [-0.05, 0) is 36.5 Å². The average Bonchev–Trinajstić information content (AvgIpc) is 2.34. The zero-order valence-electron chi connectivity index (χ0n) is 11.2. The number of ether oxygens (including phenoxy) is 2. The van der Waals surface area contributed by atoms with Crippen LogP contribution in [0.2, 0.25) is 0 Å². The molecule has 96 valence electrons. The molecule has 3 heteroatoms. The average molecular weight is 237 g/mol. The van der Waals surface area contributed by atoms with Crippen LogP contribution in [0.4, 0.5) is 0 Å². The van der Waals surface area contributed by atoms with Gasteiger partial charge in [0.15, 0.2) is 0 Å². The van der Waals surface area contributed by atoms with Crippen molar-refractivity contribution in [1.82, 2.24) is 0 Å². The van der Waals surface area contributed by atoms with Gasteiger partial charge in [-0.1, -0.05) is 13.8 Å². The topological polar surface area (TPSA) is 44.5 Å². The van der Waals surface area contributed by atoms with Crippen LogP contribution in [0, 0.1) is 5.92 Å². The van der Waals surface area contributed by atoms with Crippen LogP contribution in [0.5, 0.6) is 11.5 Å². The molecule has 0 saturated carbocycles. The van der Waals surface area contributed by atoms with E-state index in [2.05, 4.69) is 13.8 Å². The summed E-state index contributed by atoms with van der Waals surface area (Å²) in [5.74, 6) is 2.26. The highest BCUT2D eigenvalue weighted by atomic mass is 16.5. The Balaban J connectivity index is 2.80. The molecule has 0 fully saturated rings. The number of methoxy groups -OCH3 is 2. The molecule has 3 nitrogen and oxygen atoms in total. The minimum atomic E-state index is 0.0430. The molecule has 0 aliphatic carbocycles. The number of hydrogen-bond acceptors (Lipinski definition) is 3. The fourth-order valence-corrected chi connectivity index (χ4v) is 1.72. The minimum absolute atomic E-state index is 0.0430. The normalized spacial score (nSPS) is 12.6. The monoisotopic (exact) mass is 237 g/mol. The second-order valence-electron chi connectivity index (χ2n) is 4.72. The van der Waals surface area contributed by atoms with Gasteiger partial charge in [-0.15, -0.1) is 0 Å². The van der Waals surface area contributed by atoms with Crippen molar-refractivity contribution in [1.29, 1.82) is 0 Å². The van der Waals surface area contributed by atoms with Crippen molar-refractivity contribution < 1.29 is 9.47 Å². The van der Waals surface area contributed by atoms with E-state index in [-0.39, 0.29) is 6.04 Å². The molecule has 1 atom stereocenters. The first kappa shape index (κ1) is 13.8. The Kier molecular flexibility index (Phi) is 5.29. The molecule has 0 radical (unpaired) electrons. The van der Waals surface area contributed by atoms with Crippen LogP contribution < -0.4 is 15.2 Å². The van der Waals surface area contributed by atoms with E-state index in [1.165, 1.54) is 0 Å². The van der Waals surface area contributed by atoms with Crippen molar-refractivity contribution in [3.63, 3.8) is 0 Å². The van der Waals surface area contributed by atoms with Crippen molar-refractivity contribution in [2.75, 3.05) is 14.2 Å². The summed E-state index contributed by atoms with van der Waals surface area (Å²) in [6.45, 7) is 4.41. The molecule has 0 aliphatic rings. The van der Waals surface area contributed by atoms with Gasteiger partial charge in [0.25, 0.3) is 0 Å². The van der Waals surface area contributed by atoms with E-state index in [4.69, 9.17) is 15.2 Å². The first-order valence-electron chi connectivity index (χ1n) is 6.05. The lowest BCUT2D eigenvalue weighted by atomic mass is 9.98. The van der Waals surface area contributed by atoms with Gasteiger partial charge in [-0.2, -0.15) is 0 Å². The van der Waals surface area contributed by atoms with E-state index >= 15 is 0 Å². The molecule has 0 aromatic heterocycles. The van der Waals surface area contributed by atoms with Crippen molar-refractivity contribution in [3.05, 3.63) is 23.8 Å². The highest BCUT2D eigenvalue weighted by Crippen LogP contribution is 2.27. The standard InChI is InChI=1S/C14H23NO2/c1-10(2)5-6-14(15)11-7-12(16-3)9-13(8-11)17-4/h7-10,14H,5-6,15H2,1-4H3/t14-/m0/s1. The van der Waals surface area contributed by atoms with Gasteiger partial charge < -0.3 is 15.2 Å². The fraction of sp³-hybridized carbons (Fsp3) is 0.571. The molecule has 0 aliphatic heterocycles. The fourth-order valence-electron chi connectivity index (χ4n) is 1.72. The van der Waals surface area contributed by atoms with Gasteiger partial charge in [-0.25, -0.2) is 0 Å². The Morgan fingerprint density at radius 2 is 1.53 bits per heavy atom. The molecule has 0 bridgehead atoms. The predicted molar refractivity (Wildman–Crippen MR) is 70.5 cm³/mol. The molecule has 1 rings (SSSR count). The summed E-state index contributed by atoms with van der Waals surface area (Å²) in [6, 6.07) is 5.86. The van der Waals surface area contributed by atoms with E-state index in [0.717, 1.165) is 29.9 Å². The second kappa shape index (κ2) is 6.50. The van der Waals surface area contributed by atoms with Crippen LogP contribution >= 0.6 is 0 Å². The number of rotatable bonds is 6. The van der Waals surface area contributed by atoms with E-state index < -0.39 is 0 Å². The van der Waals surface area contributed by atoms with E-state index in [9.17, 15) is 0 Å².